The minimum Gasteiger partial charge on any atom is -0.493 e. The molecule has 144 valence electrons. The number of esters is 1. The summed E-state index contributed by atoms with van der Waals surface area (Å²) in [4.78, 5) is 25.6. The summed E-state index contributed by atoms with van der Waals surface area (Å²) in [7, 11) is 0. The van der Waals surface area contributed by atoms with Crippen molar-refractivity contribution in [3.05, 3.63) is 29.8 Å². The Labute approximate surface area is 155 Å². The summed E-state index contributed by atoms with van der Waals surface area (Å²) < 4.78 is 16.2. The van der Waals surface area contributed by atoms with Crippen molar-refractivity contribution in [1.29, 1.82) is 0 Å². The highest BCUT2D eigenvalue weighted by Gasteiger charge is 2.27. The number of hydrogen-bond donors (Lipinski definition) is 0. The second-order valence-electron chi connectivity index (χ2n) is 7.49. The lowest BCUT2D eigenvalue weighted by Gasteiger charge is -2.34. The first-order valence-corrected chi connectivity index (χ1v) is 9.16. The summed E-state index contributed by atoms with van der Waals surface area (Å²) in [6.45, 7) is 9.63. The number of likely N-dealkylation sites (tertiary alicyclic amines) is 1. The number of benzene rings is 1. The molecule has 1 aromatic carbocycles. The standard InChI is InChI=1S/C20H29NO5/c1-5-24-18(22)16-8-10-17(11-9-16)25-14-15-7-6-12-21(13-15)19(23)26-20(2,3)4/h8-11,15H,5-7,12-14H2,1-4H3. The van der Waals surface area contributed by atoms with Crippen LogP contribution in [-0.4, -0.2) is 48.9 Å². The quantitative estimate of drug-likeness (QED) is 0.743. The molecule has 1 aliphatic heterocycles. The van der Waals surface area contributed by atoms with Crippen LogP contribution < -0.4 is 4.74 Å². The van der Waals surface area contributed by atoms with E-state index in [-0.39, 0.29) is 18.0 Å². The minimum absolute atomic E-state index is 0.263. The average Bonchev–Trinajstić information content (AvgIpc) is 2.59. The molecule has 1 fully saturated rings. The maximum absolute atomic E-state index is 12.2. The number of hydrogen-bond acceptors (Lipinski definition) is 5. The molecule has 0 aromatic heterocycles. The predicted molar refractivity (Wildman–Crippen MR) is 98.4 cm³/mol. The Balaban J connectivity index is 1.83. The molecule has 1 unspecified atom stereocenters. The fraction of sp³-hybridized carbons (Fsp3) is 0.600. The Morgan fingerprint density at radius 2 is 1.88 bits per heavy atom. The van der Waals surface area contributed by atoms with E-state index < -0.39 is 5.60 Å². The van der Waals surface area contributed by atoms with Crippen LogP contribution in [0.25, 0.3) is 0 Å². The Morgan fingerprint density at radius 1 is 1.19 bits per heavy atom. The highest BCUT2D eigenvalue weighted by atomic mass is 16.6. The maximum Gasteiger partial charge on any atom is 0.410 e. The van der Waals surface area contributed by atoms with Crippen molar-refractivity contribution in [2.75, 3.05) is 26.3 Å². The Bertz CT molecular complexity index is 606. The monoisotopic (exact) mass is 363 g/mol. The van der Waals surface area contributed by atoms with Gasteiger partial charge in [0.1, 0.15) is 11.4 Å². The van der Waals surface area contributed by atoms with Gasteiger partial charge in [-0.25, -0.2) is 9.59 Å². The zero-order chi connectivity index (χ0) is 19.2. The first-order chi connectivity index (χ1) is 12.3. The maximum atomic E-state index is 12.2. The van der Waals surface area contributed by atoms with E-state index in [2.05, 4.69) is 0 Å². The molecule has 1 aliphatic rings. The van der Waals surface area contributed by atoms with Crippen LogP contribution in [0.2, 0.25) is 0 Å². The molecule has 0 saturated carbocycles. The number of ether oxygens (including phenoxy) is 3. The fourth-order valence-electron chi connectivity index (χ4n) is 2.81. The summed E-state index contributed by atoms with van der Waals surface area (Å²) >= 11 is 0. The number of carbonyl (C=O) groups excluding carboxylic acids is 2. The van der Waals surface area contributed by atoms with Crippen molar-refractivity contribution in [3.63, 3.8) is 0 Å². The van der Waals surface area contributed by atoms with Gasteiger partial charge < -0.3 is 19.1 Å². The van der Waals surface area contributed by atoms with Gasteiger partial charge in [-0.05, 0) is 64.8 Å². The summed E-state index contributed by atoms with van der Waals surface area (Å²) in [5.74, 6) is 0.632. The summed E-state index contributed by atoms with van der Waals surface area (Å²) in [6, 6.07) is 6.92. The molecule has 0 spiro atoms. The van der Waals surface area contributed by atoms with E-state index in [1.807, 2.05) is 20.8 Å². The molecule has 2 rings (SSSR count). The third kappa shape index (κ3) is 6.24. The van der Waals surface area contributed by atoms with Crippen molar-refractivity contribution >= 4 is 12.1 Å². The molecule has 0 aliphatic carbocycles. The highest BCUT2D eigenvalue weighted by molar-refractivity contribution is 5.89. The molecule has 0 N–H and O–H groups in total. The number of amides is 1. The number of nitrogens with zero attached hydrogens (tertiary/aromatic N) is 1. The van der Waals surface area contributed by atoms with Gasteiger partial charge in [-0.2, -0.15) is 0 Å². The second kappa shape index (κ2) is 8.92. The van der Waals surface area contributed by atoms with E-state index >= 15 is 0 Å². The lowest BCUT2D eigenvalue weighted by atomic mass is 9.99. The molecule has 1 atom stereocenters. The van der Waals surface area contributed by atoms with Gasteiger partial charge in [-0.3, -0.25) is 0 Å². The first kappa shape index (κ1) is 20.1. The largest absolute Gasteiger partial charge is 0.493 e. The van der Waals surface area contributed by atoms with Crippen LogP contribution in [0, 0.1) is 5.92 Å². The summed E-state index contributed by atoms with van der Waals surface area (Å²) in [5.41, 5.74) is 0.0225. The molecule has 0 radical (unpaired) electrons. The number of carbonyl (C=O) groups is 2. The van der Waals surface area contributed by atoms with Crippen molar-refractivity contribution in [1.82, 2.24) is 4.90 Å². The minimum atomic E-state index is -0.485. The van der Waals surface area contributed by atoms with Crippen LogP contribution in [-0.2, 0) is 9.47 Å². The van der Waals surface area contributed by atoms with Gasteiger partial charge >= 0.3 is 12.1 Å². The third-order valence-electron chi connectivity index (χ3n) is 4.02. The molecule has 6 heteroatoms. The summed E-state index contributed by atoms with van der Waals surface area (Å²) in [6.07, 6.45) is 1.69. The molecule has 1 saturated heterocycles. The van der Waals surface area contributed by atoms with Crippen molar-refractivity contribution in [3.8, 4) is 5.75 Å². The lowest BCUT2D eigenvalue weighted by Crippen LogP contribution is -2.44. The topological polar surface area (TPSA) is 65.1 Å². The normalized spacial score (nSPS) is 17.5. The third-order valence-corrected chi connectivity index (χ3v) is 4.02. The average molecular weight is 363 g/mol. The zero-order valence-electron chi connectivity index (χ0n) is 16.1. The van der Waals surface area contributed by atoms with Gasteiger partial charge in [0.05, 0.1) is 18.8 Å². The molecular weight excluding hydrogens is 334 g/mol. The van der Waals surface area contributed by atoms with Crippen molar-refractivity contribution in [2.24, 2.45) is 5.92 Å². The van der Waals surface area contributed by atoms with E-state index in [0.29, 0.717) is 31.1 Å². The van der Waals surface area contributed by atoms with Crippen LogP contribution >= 0.6 is 0 Å². The smallest absolute Gasteiger partial charge is 0.410 e. The van der Waals surface area contributed by atoms with E-state index in [4.69, 9.17) is 14.2 Å². The molecule has 0 bridgehead atoms. The van der Waals surface area contributed by atoms with E-state index in [1.54, 1.807) is 36.1 Å². The number of rotatable bonds is 5. The van der Waals surface area contributed by atoms with Crippen LogP contribution in [0.4, 0.5) is 4.79 Å². The SMILES string of the molecule is CCOC(=O)c1ccc(OCC2CCCN(C(=O)OC(C)(C)C)C2)cc1. The van der Waals surface area contributed by atoms with Crippen molar-refractivity contribution in [2.45, 2.75) is 46.1 Å². The molecule has 1 aromatic rings. The van der Waals surface area contributed by atoms with Gasteiger partial charge in [0.25, 0.3) is 0 Å². The Morgan fingerprint density at radius 3 is 2.50 bits per heavy atom. The van der Waals surface area contributed by atoms with Crippen LogP contribution in [0.15, 0.2) is 24.3 Å². The van der Waals surface area contributed by atoms with Crippen LogP contribution in [0.1, 0.15) is 50.9 Å². The van der Waals surface area contributed by atoms with Gasteiger partial charge in [-0.15, -0.1) is 0 Å². The molecule has 1 amide bonds. The summed E-state index contributed by atoms with van der Waals surface area (Å²) in [5, 5.41) is 0. The lowest BCUT2D eigenvalue weighted by molar-refractivity contribution is 0.0139. The van der Waals surface area contributed by atoms with Crippen LogP contribution in [0.3, 0.4) is 0 Å². The first-order valence-electron chi connectivity index (χ1n) is 9.16. The van der Waals surface area contributed by atoms with Crippen molar-refractivity contribution < 1.29 is 23.8 Å². The zero-order valence-corrected chi connectivity index (χ0v) is 16.1. The second-order valence-corrected chi connectivity index (χ2v) is 7.49. The molecule has 1 heterocycles. The molecule has 6 nitrogen and oxygen atoms in total. The van der Waals surface area contributed by atoms with Gasteiger partial charge in [0, 0.05) is 19.0 Å². The Kier molecular flexibility index (Phi) is 6.89. The van der Waals surface area contributed by atoms with Gasteiger partial charge in [-0.1, -0.05) is 0 Å². The van der Waals surface area contributed by atoms with Gasteiger partial charge in [0.15, 0.2) is 0 Å². The number of piperidine rings is 1. The fourth-order valence-corrected chi connectivity index (χ4v) is 2.81. The van der Waals surface area contributed by atoms with E-state index in [9.17, 15) is 9.59 Å². The van der Waals surface area contributed by atoms with Gasteiger partial charge in [0.2, 0.25) is 0 Å². The van der Waals surface area contributed by atoms with E-state index in [0.717, 1.165) is 19.4 Å². The molecule has 26 heavy (non-hydrogen) atoms. The highest BCUT2D eigenvalue weighted by Crippen LogP contribution is 2.21. The van der Waals surface area contributed by atoms with E-state index in [1.165, 1.54) is 0 Å². The van der Waals surface area contributed by atoms with Crippen LogP contribution in [0.5, 0.6) is 5.75 Å². The molecular formula is C20H29NO5. The predicted octanol–water partition coefficient (Wildman–Crippen LogP) is 3.89. The Hall–Kier alpha value is -2.24.